The molecule has 3 N–H and O–H groups in total. The highest BCUT2D eigenvalue weighted by atomic mass is 35.5. The number of halogens is 1. The largest absolute Gasteiger partial charge is 0.344 e. The highest BCUT2D eigenvalue weighted by molar-refractivity contribution is 7.89. The number of amides is 1. The standard InChI is InChI=1S/C12H16ClN3O3S/c1-16-5-4-11(12(16)17)15-20(18,19)9-3-2-8(7-14)10(13)6-9/h2-3,6,11,15H,4-5,7,14H2,1H3. The van der Waals surface area contributed by atoms with Crippen molar-refractivity contribution < 1.29 is 13.2 Å². The zero-order valence-electron chi connectivity index (χ0n) is 11.0. The number of likely N-dealkylation sites (N-methyl/N-ethyl adjacent to an activating group) is 1. The van der Waals surface area contributed by atoms with Crippen LogP contribution in [0.15, 0.2) is 23.1 Å². The number of benzene rings is 1. The molecule has 2 rings (SSSR count). The van der Waals surface area contributed by atoms with E-state index in [1.54, 1.807) is 13.1 Å². The van der Waals surface area contributed by atoms with Gasteiger partial charge in [-0.15, -0.1) is 0 Å². The SMILES string of the molecule is CN1CCC(NS(=O)(=O)c2ccc(CN)c(Cl)c2)C1=O. The quantitative estimate of drug-likeness (QED) is 0.836. The average Bonchev–Trinajstić information content (AvgIpc) is 2.70. The fourth-order valence-corrected chi connectivity index (χ4v) is 3.62. The Labute approximate surface area is 122 Å². The van der Waals surface area contributed by atoms with Gasteiger partial charge in [-0.05, 0) is 24.1 Å². The van der Waals surface area contributed by atoms with Gasteiger partial charge in [0.05, 0.1) is 4.90 Å². The van der Waals surface area contributed by atoms with E-state index in [1.165, 1.54) is 17.0 Å². The van der Waals surface area contributed by atoms with Crippen LogP contribution in [0.3, 0.4) is 0 Å². The molecule has 1 aliphatic heterocycles. The van der Waals surface area contributed by atoms with Crippen molar-refractivity contribution in [1.82, 2.24) is 9.62 Å². The van der Waals surface area contributed by atoms with Gasteiger partial charge in [0, 0.05) is 25.2 Å². The third kappa shape index (κ3) is 2.95. The van der Waals surface area contributed by atoms with E-state index in [9.17, 15) is 13.2 Å². The van der Waals surface area contributed by atoms with Gasteiger partial charge in [-0.2, -0.15) is 4.72 Å². The Bertz CT molecular complexity index is 633. The Morgan fingerprint density at radius 2 is 2.20 bits per heavy atom. The molecule has 8 heteroatoms. The van der Waals surface area contributed by atoms with Crippen molar-refractivity contribution in [3.05, 3.63) is 28.8 Å². The molecule has 110 valence electrons. The van der Waals surface area contributed by atoms with Crippen LogP contribution in [-0.2, 0) is 21.4 Å². The lowest BCUT2D eigenvalue weighted by molar-refractivity contribution is -0.127. The Morgan fingerprint density at radius 1 is 1.50 bits per heavy atom. The number of rotatable bonds is 4. The van der Waals surface area contributed by atoms with E-state index >= 15 is 0 Å². The summed E-state index contributed by atoms with van der Waals surface area (Å²) in [5, 5.41) is 0.297. The van der Waals surface area contributed by atoms with Crippen molar-refractivity contribution in [3.63, 3.8) is 0 Å². The van der Waals surface area contributed by atoms with Gasteiger partial charge in [0.15, 0.2) is 0 Å². The van der Waals surface area contributed by atoms with Crippen LogP contribution in [0.4, 0.5) is 0 Å². The van der Waals surface area contributed by atoms with Crippen LogP contribution in [0.5, 0.6) is 0 Å². The van der Waals surface area contributed by atoms with Crippen molar-refractivity contribution in [2.24, 2.45) is 5.73 Å². The van der Waals surface area contributed by atoms with Crippen molar-refractivity contribution in [2.75, 3.05) is 13.6 Å². The minimum atomic E-state index is -3.77. The maximum Gasteiger partial charge on any atom is 0.241 e. The van der Waals surface area contributed by atoms with Gasteiger partial charge < -0.3 is 10.6 Å². The van der Waals surface area contributed by atoms with Crippen LogP contribution in [0.25, 0.3) is 0 Å². The zero-order valence-corrected chi connectivity index (χ0v) is 12.5. The van der Waals surface area contributed by atoms with E-state index < -0.39 is 16.1 Å². The number of carbonyl (C=O) groups is 1. The molecule has 0 radical (unpaired) electrons. The van der Waals surface area contributed by atoms with Crippen LogP contribution in [0.2, 0.25) is 5.02 Å². The van der Waals surface area contributed by atoms with Gasteiger partial charge in [-0.25, -0.2) is 8.42 Å². The Kier molecular flexibility index (Phi) is 4.33. The van der Waals surface area contributed by atoms with Crippen LogP contribution in [-0.4, -0.2) is 38.9 Å². The lowest BCUT2D eigenvalue weighted by Gasteiger charge is -2.13. The Morgan fingerprint density at radius 3 is 2.70 bits per heavy atom. The summed E-state index contributed by atoms with van der Waals surface area (Å²) < 4.78 is 26.8. The number of likely N-dealkylation sites (tertiary alicyclic amines) is 1. The van der Waals surface area contributed by atoms with Gasteiger partial charge in [-0.1, -0.05) is 17.7 Å². The van der Waals surface area contributed by atoms with Gasteiger partial charge in [0.25, 0.3) is 0 Å². The molecule has 0 bridgehead atoms. The first kappa shape index (κ1) is 15.2. The number of nitrogens with two attached hydrogens (primary N) is 1. The van der Waals surface area contributed by atoms with Crippen LogP contribution in [0.1, 0.15) is 12.0 Å². The molecular weight excluding hydrogens is 302 g/mol. The van der Waals surface area contributed by atoms with Gasteiger partial charge in [-0.3, -0.25) is 4.79 Å². The molecule has 20 heavy (non-hydrogen) atoms. The Balaban J connectivity index is 2.23. The predicted molar refractivity (Wildman–Crippen MR) is 75.7 cm³/mol. The molecule has 1 atom stereocenters. The second kappa shape index (κ2) is 5.69. The summed E-state index contributed by atoms with van der Waals surface area (Å²) in [5.41, 5.74) is 6.14. The third-order valence-electron chi connectivity index (χ3n) is 3.28. The molecule has 0 aromatic heterocycles. The van der Waals surface area contributed by atoms with Crippen molar-refractivity contribution in [3.8, 4) is 0 Å². The molecule has 0 saturated carbocycles. The Hall–Kier alpha value is -1.15. The molecule has 1 amide bonds. The second-order valence-corrected chi connectivity index (χ2v) is 6.80. The summed E-state index contributed by atoms with van der Waals surface area (Å²) in [7, 11) is -2.13. The van der Waals surface area contributed by atoms with E-state index in [0.717, 1.165) is 0 Å². The molecule has 1 heterocycles. The number of sulfonamides is 1. The van der Waals surface area contributed by atoms with E-state index in [2.05, 4.69) is 4.72 Å². The lowest BCUT2D eigenvalue weighted by atomic mass is 10.2. The van der Waals surface area contributed by atoms with E-state index in [0.29, 0.717) is 23.6 Å². The topological polar surface area (TPSA) is 92.5 Å². The molecule has 0 spiro atoms. The minimum absolute atomic E-state index is 0.0297. The summed E-state index contributed by atoms with van der Waals surface area (Å²) in [5.74, 6) is -0.224. The minimum Gasteiger partial charge on any atom is -0.344 e. The molecule has 6 nitrogen and oxygen atoms in total. The first-order chi connectivity index (χ1) is 9.35. The van der Waals surface area contributed by atoms with Crippen LogP contribution in [0, 0.1) is 0 Å². The van der Waals surface area contributed by atoms with Crippen molar-refractivity contribution in [1.29, 1.82) is 0 Å². The monoisotopic (exact) mass is 317 g/mol. The van der Waals surface area contributed by atoms with Crippen LogP contribution < -0.4 is 10.5 Å². The van der Waals surface area contributed by atoms with E-state index in [4.69, 9.17) is 17.3 Å². The zero-order chi connectivity index (χ0) is 14.9. The van der Waals surface area contributed by atoms with Crippen LogP contribution >= 0.6 is 11.6 Å². The first-order valence-electron chi connectivity index (χ1n) is 6.11. The highest BCUT2D eigenvalue weighted by Crippen LogP contribution is 2.21. The number of nitrogens with zero attached hydrogens (tertiary/aromatic N) is 1. The molecular formula is C12H16ClN3O3S. The highest BCUT2D eigenvalue weighted by Gasteiger charge is 2.32. The van der Waals surface area contributed by atoms with E-state index in [-0.39, 0.29) is 17.3 Å². The maximum atomic E-state index is 12.2. The summed E-state index contributed by atoms with van der Waals surface area (Å²) in [6.45, 7) is 0.775. The number of hydrogen-bond acceptors (Lipinski definition) is 4. The van der Waals surface area contributed by atoms with Gasteiger partial charge in [0.1, 0.15) is 6.04 Å². The third-order valence-corrected chi connectivity index (χ3v) is 5.10. The molecule has 1 fully saturated rings. The predicted octanol–water partition coefficient (Wildman–Crippen LogP) is 0.308. The summed E-state index contributed by atoms with van der Waals surface area (Å²) in [6.07, 6.45) is 0.461. The van der Waals surface area contributed by atoms with Gasteiger partial charge >= 0.3 is 0 Å². The summed E-state index contributed by atoms with van der Waals surface area (Å²) in [6, 6.07) is 3.63. The summed E-state index contributed by atoms with van der Waals surface area (Å²) in [4.78, 5) is 13.3. The molecule has 0 aliphatic carbocycles. The normalized spacial score (nSPS) is 19.6. The smallest absolute Gasteiger partial charge is 0.241 e. The van der Waals surface area contributed by atoms with Crippen molar-refractivity contribution >= 4 is 27.5 Å². The first-order valence-corrected chi connectivity index (χ1v) is 7.97. The van der Waals surface area contributed by atoms with Gasteiger partial charge in [0.2, 0.25) is 15.9 Å². The molecule has 1 aromatic rings. The fourth-order valence-electron chi connectivity index (χ4n) is 2.05. The molecule has 1 saturated heterocycles. The molecule has 1 aromatic carbocycles. The van der Waals surface area contributed by atoms with Crippen molar-refractivity contribution in [2.45, 2.75) is 23.9 Å². The lowest BCUT2D eigenvalue weighted by Crippen LogP contribution is -2.40. The average molecular weight is 318 g/mol. The second-order valence-electron chi connectivity index (χ2n) is 4.68. The fraction of sp³-hybridized carbons (Fsp3) is 0.417. The number of nitrogens with one attached hydrogen (secondary N) is 1. The maximum absolute atomic E-state index is 12.2. The molecule has 1 unspecified atom stereocenters. The molecule has 1 aliphatic rings. The number of carbonyl (C=O) groups excluding carboxylic acids is 1. The van der Waals surface area contributed by atoms with E-state index in [1.807, 2.05) is 0 Å². The number of hydrogen-bond donors (Lipinski definition) is 2. The summed E-state index contributed by atoms with van der Waals surface area (Å²) >= 11 is 5.96.